The molecule has 0 aromatic carbocycles. The van der Waals surface area contributed by atoms with Gasteiger partial charge in [0.15, 0.2) is 0 Å². The number of carbonyl (C=O) groups is 1. The lowest BCUT2D eigenvalue weighted by molar-refractivity contribution is -0.122. The summed E-state index contributed by atoms with van der Waals surface area (Å²) in [5.74, 6) is 0.779. The molecule has 1 amide bonds. The maximum atomic E-state index is 11.6. The Morgan fingerprint density at radius 3 is 2.71 bits per heavy atom. The minimum atomic E-state index is -0.0637. The maximum Gasteiger partial charge on any atom is 0.242 e. The molecule has 96 valence electrons. The Morgan fingerprint density at radius 2 is 2.18 bits per heavy atom. The molecule has 1 aromatic heterocycles. The first kappa shape index (κ1) is 13.5. The molecule has 0 fully saturated rings. The van der Waals surface area contributed by atoms with Crippen molar-refractivity contribution < 1.29 is 4.79 Å². The van der Waals surface area contributed by atoms with E-state index in [1.165, 1.54) is 11.0 Å². The van der Waals surface area contributed by atoms with E-state index >= 15 is 0 Å². The number of nitrogens with one attached hydrogen (secondary N) is 1. The SMILES string of the molecule is CC(C)CCC(C)NC(=O)Cn1cnc(N)n1. The Morgan fingerprint density at radius 1 is 1.47 bits per heavy atom. The summed E-state index contributed by atoms with van der Waals surface area (Å²) in [6, 6.07) is 0.186. The number of hydrogen-bond donors (Lipinski definition) is 2. The van der Waals surface area contributed by atoms with Crippen LogP contribution in [0.2, 0.25) is 0 Å². The summed E-state index contributed by atoms with van der Waals surface area (Å²) in [5.41, 5.74) is 5.36. The molecular formula is C11H21N5O. The van der Waals surface area contributed by atoms with E-state index in [0.717, 1.165) is 12.8 Å². The van der Waals surface area contributed by atoms with Crippen LogP contribution in [-0.2, 0) is 11.3 Å². The minimum absolute atomic E-state index is 0.0637. The minimum Gasteiger partial charge on any atom is -0.367 e. The van der Waals surface area contributed by atoms with Crippen LogP contribution in [-0.4, -0.2) is 26.7 Å². The van der Waals surface area contributed by atoms with Crippen LogP contribution < -0.4 is 11.1 Å². The van der Waals surface area contributed by atoms with E-state index in [4.69, 9.17) is 5.73 Å². The van der Waals surface area contributed by atoms with Gasteiger partial charge in [-0.1, -0.05) is 13.8 Å². The van der Waals surface area contributed by atoms with Gasteiger partial charge < -0.3 is 11.1 Å². The number of anilines is 1. The van der Waals surface area contributed by atoms with E-state index in [1.807, 2.05) is 6.92 Å². The standard InChI is InChI=1S/C11H21N5O/c1-8(2)4-5-9(3)14-10(17)6-16-7-13-11(12)15-16/h7-9H,4-6H2,1-3H3,(H2,12,15)(H,14,17). The molecule has 0 radical (unpaired) electrons. The summed E-state index contributed by atoms with van der Waals surface area (Å²) in [4.78, 5) is 15.4. The molecule has 1 atom stereocenters. The Balaban J connectivity index is 2.29. The van der Waals surface area contributed by atoms with Crippen LogP contribution in [0.1, 0.15) is 33.6 Å². The first-order chi connectivity index (χ1) is 7.97. The van der Waals surface area contributed by atoms with Gasteiger partial charge >= 0.3 is 0 Å². The second kappa shape index (κ2) is 6.22. The third-order valence-electron chi connectivity index (χ3n) is 2.44. The first-order valence-electron chi connectivity index (χ1n) is 5.91. The number of nitrogens with zero attached hydrogens (tertiary/aromatic N) is 3. The molecule has 1 heterocycles. The Hall–Kier alpha value is -1.59. The van der Waals surface area contributed by atoms with Gasteiger partial charge in [0.2, 0.25) is 11.9 Å². The number of nitrogen functional groups attached to an aromatic ring is 1. The molecule has 0 aliphatic carbocycles. The number of hydrogen-bond acceptors (Lipinski definition) is 4. The third-order valence-corrected chi connectivity index (χ3v) is 2.44. The summed E-state index contributed by atoms with van der Waals surface area (Å²) in [6.45, 7) is 6.52. The lowest BCUT2D eigenvalue weighted by atomic mass is 10.0. The molecule has 0 saturated heterocycles. The molecule has 0 aliphatic heterocycles. The van der Waals surface area contributed by atoms with Gasteiger partial charge in [-0.05, 0) is 25.7 Å². The molecule has 0 saturated carbocycles. The Labute approximate surface area is 102 Å². The highest BCUT2D eigenvalue weighted by Gasteiger charge is 2.09. The van der Waals surface area contributed by atoms with Crippen LogP contribution in [0.15, 0.2) is 6.33 Å². The first-order valence-corrected chi connectivity index (χ1v) is 5.91. The Kier molecular flexibility index (Phi) is 4.93. The van der Waals surface area contributed by atoms with Crippen LogP contribution in [0.3, 0.4) is 0 Å². The van der Waals surface area contributed by atoms with Crippen molar-refractivity contribution in [1.29, 1.82) is 0 Å². The van der Waals surface area contributed by atoms with Gasteiger partial charge in [-0.25, -0.2) is 9.67 Å². The van der Waals surface area contributed by atoms with Gasteiger partial charge in [0.25, 0.3) is 0 Å². The quantitative estimate of drug-likeness (QED) is 0.769. The number of aromatic nitrogens is 3. The van der Waals surface area contributed by atoms with Crippen LogP contribution in [0.5, 0.6) is 0 Å². The van der Waals surface area contributed by atoms with E-state index in [9.17, 15) is 4.79 Å². The second-order valence-corrected chi connectivity index (χ2v) is 4.74. The van der Waals surface area contributed by atoms with E-state index in [1.54, 1.807) is 0 Å². The normalized spacial score (nSPS) is 12.7. The van der Waals surface area contributed by atoms with Crippen molar-refractivity contribution in [2.24, 2.45) is 5.92 Å². The van der Waals surface area contributed by atoms with Crippen LogP contribution in [0.25, 0.3) is 0 Å². The predicted octanol–water partition coefficient (Wildman–Crippen LogP) is 0.801. The molecule has 6 heteroatoms. The average Bonchev–Trinajstić information content (AvgIpc) is 2.60. The monoisotopic (exact) mass is 239 g/mol. The van der Waals surface area contributed by atoms with Crippen molar-refractivity contribution in [3.05, 3.63) is 6.33 Å². The highest BCUT2D eigenvalue weighted by molar-refractivity contribution is 5.75. The predicted molar refractivity (Wildman–Crippen MR) is 66.1 cm³/mol. The zero-order valence-electron chi connectivity index (χ0n) is 10.7. The summed E-state index contributed by atoms with van der Waals surface area (Å²) >= 11 is 0. The number of amides is 1. The summed E-state index contributed by atoms with van der Waals surface area (Å²) < 4.78 is 1.43. The van der Waals surface area contributed by atoms with E-state index in [2.05, 4.69) is 29.2 Å². The molecule has 3 N–H and O–H groups in total. The fourth-order valence-electron chi connectivity index (χ4n) is 1.51. The third kappa shape index (κ3) is 5.33. The molecule has 0 spiro atoms. The van der Waals surface area contributed by atoms with Crippen molar-refractivity contribution in [2.75, 3.05) is 5.73 Å². The zero-order valence-corrected chi connectivity index (χ0v) is 10.7. The van der Waals surface area contributed by atoms with Crippen molar-refractivity contribution in [3.8, 4) is 0 Å². The largest absolute Gasteiger partial charge is 0.367 e. The molecule has 1 rings (SSSR count). The molecule has 6 nitrogen and oxygen atoms in total. The number of rotatable bonds is 6. The van der Waals surface area contributed by atoms with E-state index in [0.29, 0.717) is 5.92 Å². The van der Waals surface area contributed by atoms with Gasteiger partial charge in [0.05, 0.1) is 0 Å². The lowest BCUT2D eigenvalue weighted by Gasteiger charge is -2.14. The topological polar surface area (TPSA) is 85.8 Å². The number of nitrogens with two attached hydrogens (primary N) is 1. The summed E-state index contributed by atoms with van der Waals surface area (Å²) in [6.07, 6.45) is 3.55. The summed E-state index contributed by atoms with van der Waals surface area (Å²) in [5, 5.41) is 6.78. The van der Waals surface area contributed by atoms with Crippen molar-refractivity contribution >= 4 is 11.9 Å². The number of carbonyl (C=O) groups excluding carboxylic acids is 1. The van der Waals surface area contributed by atoms with Crippen molar-refractivity contribution in [2.45, 2.75) is 46.2 Å². The molecule has 0 aliphatic rings. The molecular weight excluding hydrogens is 218 g/mol. The molecule has 17 heavy (non-hydrogen) atoms. The van der Waals surface area contributed by atoms with E-state index < -0.39 is 0 Å². The lowest BCUT2D eigenvalue weighted by Crippen LogP contribution is -2.35. The van der Waals surface area contributed by atoms with Crippen LogP contribution >= 0.6 is 0 Å². The average molecular weight is 239 g/mol. The molecule has 0 bridgehead atoms. The van der Waals surface area contributed by atoms with Gasteiger partial charge in [0.1, 0.15) is 12.9 Å². The molecule has 1 aromatic rings. The van der Waals surface area contributed by atoms with Crippen LogP contribution in [0, 0.1) is 5.92 Å². The van der Waals surface area contributed by atoms with E-state index in [-0.39, 0.29) is 24.4 Å². The maximum absolute atomic E-state index is 11.6. The fourth-order valence-corrected chi connectivity index (χ4v) is 1.51. The van der Waals surface area contributed by atoms with Crippen LogP contribution in [0.4, 0.5) is 5.95 Å². The van der Waals surface area contributed by atoms with Gasteiger partial charge in [0, 0.05) is 6.04 Å². The van der Waals surface area contributed by atoms with Gasteiger partial charge in [-0.2, -0.15) is 0 Å². The second-order valence-electron chi connectivity index (χ2n) is 4.74. The fraction of sp³-hybridized carbons (Fsp3) is 0.727. The van der Waals surface area contributed by atoms with Crippen molar-refractivity contribution in [1.82, 2.24) is 20.1 Å². The summed E-state index contributed by atoms with van der Waals surface area (Å²) in [7, 11) is 0. The van der Waals surface area contributed by atoms with Gasteiger partial charge in [-0.15, -0.1) is 5.10 Å². The highest BCUT2D eigenvalue weighted by atomic mass is 16.2. The van der Waals surface area contributed by atoms with Crippen molar-refractivity contribution in [3.63, 3.8) is 0 Å². The van der Waals surface area contributed by atoms with Gasteiger partial charge in [-0.3, -0.25) is 4.79 Å². The molecule has 1 unspecified atom stereocenters. The highest BCUT2D eigenvalue weighted by Crippen LogP contribution is 2.06. The zero-order chi connectivity index (χ0) is 12.8. The smallest absolute Gasteiger partial charge is 0.242 e. The Bertz CT molecular complexity index is 360.